The second-order valence-electron chi connectivity index (χ2n) is 9.77. The maximum atomic E-state index is 9.95. The number of nitrogens with one attached hydrogen (secondary N) is 1. The van der Waals surface area contributed by atoms with E-state index in [-0.39, 0.29) is 24.9 Å². The standard InChI is InChI=1S/C27H27ClN4O4S/c1-37(2,29)32-18-9-7-16(8-10-18)15-3-5-17(6-4-15)25-19(28)11-20-21(31-25)12-24(30-20)36-23-14-35-26-22(33)13-34-27(23)26/h3-11,22-23,26-27,29,33H,12-14H2,1-2H3/t22-,23-,26-,27-/m1/s1. The van der Waals surface area contributed by atoms with Gasteiger partial charge in [-0.1, -0.05) is 57.6 Å². The van der Waals surface area contributed by atoms with E-state index in [1.165, 1.54) is 0 Å². The Kier molecular flexibility index (Phi) is 6.29. The Morgan fingerprint density at radius 3 is 2.35 bits per heavy atom. The lowest BCUT2D eigenvalue weighted by atomic mass is 10.0. The first-order chi connectivity index (χ1) is 17.7. The molecule has 0 unspecified atom stereocenters. The van der Waals surface area contributed by atoms with Gasteiger partial charge < -0.3 is 19.3 Å². The van der Waals surface area contributed by atoms with Gasteiger partial charge in [-0.05, 0) is 29.3 Å². The SMILES string of the molecule is CS(C)(=N)=Nc1ccc(-c2ccc(-c3nc4c(cc3Cl)N=C(O[C@@H]3CO[C@H]5[C@@H]3OC[C@H]5O)C4)cc2)cc1. The maximum Gasteiger partial charge on any atom is 0.195 e. The largest absolute Gasteiger partial charge is 0.472 e. The lowest BCUT2D eigenvalue weighted by Crippen LogP contribution is -2.34. The van der Waals surface area contributed by atoms with Crippen molar-refractivity contribution < 1.29 is 19.3 Å². The van der Waals surface area contributed by atoms with E-state index in [4.69, 9.17) is 35.6 Å². The Balaban J connectivity index is 1.17. The van der Waals surface area contributed by atoms with Gasteiger partial charge >= 0.3 is 0 Å². The van der Waals surface area contributed by atoms with Gasteiger partial charge in [-0.3, -0.25) is 4.78 Å². The fourth-order valence-corrected chi connectivity index (χ4v) is 5.75. The highest BCUT2D eigenvalue weighted by molar-refractivity contribution is 7.93. The van der Waals surface area contributed by atoms with Crippen molar-refractivity contribution in [3.8, 4) is 22.4 Å². The predicted octanol–water partition coefficient (Wildman–Crippen LogP) is 5.19. The van der Waals surface area contributed by atoms with E-state index in [2.05, 4.69) is 9.36 Å². The molecule has 2 fully saturated rings. The van der Waals surface area contributed by atoms with E-state index in [1.54, 1.807) is 0 Å². The average Bonchev–Trinajstić information content (AvgIpc) is 3.55. The molecular weight excluding hydrogens is 512 g/mol. The van der Waals surface area contributed by atoms with Crippen LogP contribution in [0.3, 0.4) is 0 Å². The molecule has 4 heterocycles. The molecule has 0 amide bonds. The third-order valence-electron chi connectivity index (χ3n) is 6.56. The Morgan fingerprint density at radius 1 is 1.00 bits per heavy atom. The number of aliphatic hydroxyl groups excluding tert-OH is 1. The van der Waals surface area contributed by atoms with Gasteiger partial charge in [-0.15, -0.1) is 0 Å². The highest BCUT2D eigenvalue weighted by atomic mass is 35.5. The van der Waals surface area contributed by atoms with Crippen LogP contribution in [0.2, 0.25) is 5.02 Å². The first-order valence-corrected chi connectivity index (χ1v) is 14.8. The lowest BCUT2D eigenvalue weighted by Gasteiger charge is -2.17. The van der Waals surface area contributed by atoms with Crippen LogP contribution >= 0.6 is 11.6 Å². The van der Waals surface area contributed by atoms with Crippen molar-refractivity contribution in [2.45, 2.75) is 30.8 Å². The smallest absolute Gasteiger partial charge is 0.195 e. The molecule has 0 bridgehead atoms. The van der Waals surface area contributed by atoms with Crippen molar-refractivity contribution in [1.29, 1.82) is 4.78 Å². The van der Waals surface area contributed by atoms with Crippen molar-refractivity contribution in [2.75, 3.05) is 25.7 Å². The van der Waals surface area contributed by atoms with Gasteiger partial charge in [0, 0.05) is 18.1 Å². The summed E-state index contributed by atoms with van der Waals surface area (Å²) in [5.41, 5.74) is 6.08. The molecule has 3 aliphatic rings. The lowest BCUT2D eigenvalue weighted by molar-refractivity contribution is 0.00558. The summed E-state index contributed by atoms with van der Waals surface area (Å²) < 4.78 is 29.9. The summed E-state index contributed by atoms with van der Waals surface area (Å²) in [6, 6.07) is 17.9. The number of hydrogen-bond acceptors (Lipinski definition) is 8. The Morgan fingerprint density at radius 2 is 1.65 bits per heavy atom. The second kappa shape index (κ2) is 9.49. The Labute approximate surface area is 220 Å². The summed E-state index contributed by atoms with van der Waals surface area (Å²) >= 11 is 6.61. The van der Waals surface area contributed by atoms with Gasteiger partial charge in [0.15, 0.2) is 12.0 Å². The highest BCUT2D eigenvalue weighted by Crippen LogP contribution is 2.37. The molecule has 8 nitrogen and oxygen atoms in total. The average molecular weight is 539 g/mol. The maximum absolute atomic E-state index is 9.95. The number of aromatic nitrogens is 1. The molecule has 2 saturated heterocycles. The minimum absolute atomic E-state index is 0.257. The summed E-state index contributed by atoms with van der Waals surface area (Å²) in [7, 11) is -1.70. The number of pyridine rings is 1. The van der Waals surface area contributed by atoms with E-state index in [1.807, 2.05) is 67.1 Å². The number of benzene rings is 2. The van der Waals surface area contributed by atoms with E-state index in [0.717, 1.165) is 28.1 Å². The van der Waals surface area contributed by atoms with Crippen LogP contribution in [0.15, 0.2) is 64.0 Å². The van der Waals surface area contributed by atoms with Crippen molar-refractivity contribution in [2.24, 2.45) is 9.36 Å². The minimum atomic E-state index is -1.70. The molecule has 4 atom stereocenters. The van der Waals surface area contributed by atoms with Gasteiger partial charge in [0.2, 0.25) is 0 Å². The number of nitrogens with zero attached hydrogens (tertiary/aromatic N) is 3. The first kappa shape index (κ1) is 24.5. The van der Waals surface area contributed by atoms with E-state index in [0.29, 0.717) is 35.3 Å². The number of halogens is 1. The normalized spacial score (nSPS) is 24.5. The van der Waals surface area contributed by atoms with Crippen LogP contribution in [0, 0.1) is 4.78 Å². The molecule has 2 aromatic carbocycles. The quantitative estimate of drug-likeness (QED) is 0.475. The number of fused-ring (bicyclic) bond motifs is 2. The fraction of sp³-hybridized carbons (Fsp3) is 0.333. The van der Waals surface area contributed by atoms with E-state index >= 15 is 0 Å². The number of aliphatic imine (C=N–C) groups is 1. The van der Waals surface area contributed by atoms with Gasteiger partial charge in [-0.25, -0.2) is 14.3 Å². The zero-order valence-electron chi connectivity index (χ0n) is 20.4. The van der Waals surface area contributed by atoms with E-state index in [9.17, 15) is 5.11 Å². The third kappa shape index (κ3) is 5.02. The van der Waals surface area contributed by atoms with Crippen molar-refractivity contribution in [3.05, 3.63) is 65.3 Å². The molecule has 3 aliphatic heterocycles. The number of hydrogen-bond donors (Lipinski definition) is 2. The van der Waals surface area contributed by atoms with Crippen LogP contribution in [0.4, 0.5) is 11.4 Å². The second-order valence-corrected chi connectivity index (χ2v) is 12.9. The fourth-order valence-electron chi connectivity index (χ4n) is 4.85. The van der Waals surface area contributed by atoms with E-state index < -0.39 is 15.7 Å². The molecule has 0 aliphatic carbocycles. The Bertz CT molecular complexity index is 1490. The number of ether oxygens (including phenoxy) is 3. The summed E-state index contributed by atoms with van der Waals surface area (Å²) in [5, 5.41) is 10.5. The summed E-state index contributed by atoms with van der Waals surface area (Å²) in [4.78, 5) is 9.40. The monoisotopic (exact) mass is 538 g/mol. The number of rotatable bonds is 4. The molecule has 192 valence electrons. The third-order valence-corrected chi connectivity index (χ3v) is 7.51. The molecule has 1 aromatic heterocycles. The van der Waals surface area contributed by atoms with Crippen molar-refractivity contribution >= 4 is 38.5 Å². The van der Waals surface area contributed by atoms with Gasteiger partial charge in [0.1, 0.15) is 18.3 Å². The van der Waals surface area contributed by atoms with Gasteiger partial charge in [0.05, 0.1) is 47.4 Å². The van der Waals surface area contributed by atoms with Crippen molar-refractivity contribution in [3.63, 3.8) is 0 Å². The molecule has 37 heavy (non-hydrogen) atoms. The summed E-state index contributed by atoms with van der Waals surface area (Å²) in [6.45, 7) is 0.613. The summed E-state index contributed by atoms with van der Waals surface area (Å²) in [5.74, 6) is 0.552. The molecule has 6 rings (SSSR count). The van der Waals surface area contributed by atoms with Crippen LogP contribution in [0.5, 0.6) is 0 Å². The van der Waals surface area contributed by atoms with Crippen LogP contribution in [-0.2, 0) is 30.3 Å². The van der Waals surface area contributed by atoms with Crippen LogP contribution in [0.25, 0.3) is 22.4 Å². The van der Waals surface area contributed by atoms with Crippen LogP contribution in [-0.4, -0.2) is 66.1 Å². The zero-order valence-corrected chi connectivity index (χ0v) is 22.0. The van der Waals surface area contributed by atoms with Crippen LogP contribution in [0.1, 0.15) is 5.69 Å². The molecule has 10 heteroatoms. The molecule has 3 aromatic rings. The van der Waals surface area contributed by atoms with Crippen molar-refractivity contribution in [1.82, 2.24) is 4.98 Å². The topological polar surface area (TPSA) is 109 Å². The minimum Gasteiger partial charge on any atom is -0.472 e. The highest BCUT2D eigenvalue weighted by Gasteiger charge is 2.48. The molecule has 0 radical (unpaired) electrons. The van der Waals surface area contributed by atoms with Gasteiger partial charge in [-0.2, -0.15) is 0 Å². The first-order valence-electron chi connectivity index (χ1n) is 12.0. The predicted molar refractivity (Wildman–Crippen MR) is 145 cm³/mol. The Hall–Kier alpha value is -2.82. The summed E-state index contributed by atoms with van der Waals surface area (Å²) in [6.07, 6.45) is 2.58. The van der Waals surface area contributed by atoms with Gasteiger partial charge in [0.25, 0.3) is 0 Å². The number of aliphatic hydroxyl groups is 1. The molecule has 0 saturated carbocycles. The zero-order chi connectivity index (χ0) is 25.7. The molecular formula is C27H27ClN4O4S. The van der Waals surface area contributed by atoms with Crippen LogP contribution < -0.4 is 0 Å². The molecule has 0 spiro atoms. The molecule has 2 N–H and O–H groups in total.